The molecule has 3 aromatic rings. The first kappa shape index (κ1) is 16.9. The molecular formula is C16H11F3N4OS. The second kappa shape index (κ2) is 6.52. The highest BCUT2D eigenvalue weighted by atomic mass is 32.1. The van der Waals surface area contributed by atoms with Crippen molar-refractivity contribution in [1.82, 2.24) is 9.97 Å². The summed E-state index contributed by atoms with van der Waals surface area (Å²) >= 11 is 1.29. The smallest absolute Gasteiger partial charge is 0.368 e. The molecule has 0 aliphatic heterocycles. The van der Waals surface area contributed by atoms with Crippen LogP contribution in [-0.2, 0) is 6.18 Å². The minimum Gasteiger partial charge on any atom is -0.368 e. The van der Waals surface area contributed by atoms with E-state index >= 15 is 0 Å². The summed E-state index contributed by atoms with van der Waals surface area (Å²) < 4.78 is 38.1. The molecule has 0 radical (unpaired) electrons. The summed E-state index contributed by atoms with van der Waals surface area (Å²) in [5, 5.41) is 4.07. The molecule has 0 fully saturated rings. The number of nitrogens with one attached hydrogen (secondary N) is 1. The number of nitrogens with zero attached hydrogens (tertiary/aromatic N) is 2. The van der Waals surface area contributed by atoms with Crippen molar-refractivity contribution in [2.24, 2.45) is 0 Å². The number of carbonyl (C=O) groups excluding carboxylic acids is 1. The number of rotatable bonds is 3. The van der Waals surface area contributed by atoms with Gasteiger partial charge in [0.15, 0.2) is 0 Å². The van der Waals surface area contributed by atoms with Gasteiger partial charge in [0.2, 0.25) is 5.95 Å². The molecule has 1 amide bonds. The van der Waals surface area contributed by atoms with Gasteiger partial charge in [0.1, 0.15) is 0 Å². The van der Waals surface area contributed by atoms with E-state index in [1.54, 1.807) is 11.4 Å². The molecule has 2 aromatic heterocycles. The van der Waals surface area contributed by atoms with Crippen molar-refractivity contribution in [1.29, 1.82) is 0 Å². The van der Waals surface area contributed by atoms with Crippen LogP contribution in [0.15, 0.2) is 48.1 Å². The minimum atomic E-state index is -4.47. The maximum absolute atomic E-state index is 12.7. The van der Waals surface area contributed by atoms with Gasteiger partial charge in [-0.15, -0.1) is 11.3 Å². The van der Waals surface area contributed by atoms with Crippen molar-refractivity contribution in [2.45, 2.75) is 6.18 Å². The average molecular weight is 364 g/mol. The minimum absolute atomic E-state index is 0.0726. The summed E-state index contributed by atoms with van der Waals surface area (Å²) in [7, 11) is 0. The zero-order chi connectivity index (χ0) is 18.0. The number of amides is 1. The van der Waals surface area contributed by atoms with E-state index < -0.39 is 17.6 Å². The van der Waals surface area contributed by atoms with Crippen LogP contribution in [-0.4, -0.2) is 15.9 Å². The van der Waals surface area contributed by atoms with Crippen LogP contribution in [0.3, 0.4) is 0 Å². The van der Waals surface area contributed by atoms with E-state index in [1.807, 2.05) is 0 Å². The Morgan fingerprint density at radius 1 is 1.16 bits per heavy atom. The van der Waals surface area contributed by atoms with E-state index in [0.717, 1.165) is 17.0 Å². The zero-order valence-electron chi connectivity index (χ0n) is 12.5. The molecule has 1 aromatic carbocycles. The molecule has 0 saturated carbocycles. The highest BCUT2D eigenvalue weighted by Gasteiger charge is 2.30. The van der Waals surface area contributed by atoms with Gasteiger partial charge in [-0.3, -0.25) is 4.79 Å². The lowest BCUT2D eigenvalue weighted by Crippen LogP contribution is -2.12. The molecule has 2 heterocycles. The molecule has 0 bridgehead atoms. The zero-order valence-corrected chi connectivity index (χ0v) is 13.4. The third-order valence-corrected chi connectivity index (χ3v) is 4.25. The van der Waals surface area contributed by atoms with E-state index in [2.05, 4.69) is 15.3 Å². The number of hydrogen-bond donors (Lipinski definition) is 2. The number of benzene rings is 1. The standard InChI is InChI=1S/C16H11F3N4OS/c17-16(18,19)11-2-1-3-12(5-11)23-14(24)9-4-13(25-8-9)10-6-21-15(20)22-7-10/h1-8H,(H,23,24)(H2,20,21,22). The van der Waals surface area contributed by atoms with E-state index in [1.165, 1.54) is 35.9 Å². The number of halogens is 3. The summed E-state index contributed by atoms with van der Waals surface area (Å²) in [6.07, 6.45) is -1.41. The first-order chi connectivity index (χ1) is 11.8. The summed E-state index contributed by atoms with van der Waals surface area (Å²) in [5.74, 6) is -0.360. The van der Waals surface area contributed by atoms with Crippen LogP contribution >= 0.6 is 11.3 Å². The molecule has 0 saturated heterocycles. The fourth-order valence-electron chi connectivity index (χ4n) is 2.05. The molecule has 3 N–H and O–H groups in total. The lowest BCUT2D eigenvalue weighted by Gasteiger charge is -2.09. The van der Waals surface area contributed by atoms with E-state index in [9.17, 15) is 18.0 Å². The maximum atomic E-state index is 12.7. The molecule has 25 heavy (non-hydrogen) atoms. The van der Waals surface area contributed by atoms with Gasteiger partial charge >= 0.3 is 6.18 Å². The van der Waals surface area contributed by atoms with Gasteiger partial charge in [0, 0.05) is 33.9 Å². The van der Waals surface area contributed by atoms with Gasteiger partial charge in [0.25, 0.3) is 5.91 Å². The molecule has 0 atom stereocenters. The van der Waals surface area contributed by atoms with E-state index in [-0.39, 0.29) is 11.6 Å². The molecule has 0 aliphatic rings. The van der Waals surface area contributed by atoms with Crippen molar-refractivity contribution in [2.75, 3.05) is 11.1 Å². The fraction of sp³-hybridized carbons (Fsp3) is 0.0625. The molecule has 0 aliphatic carbocycles. The predicted molar refractivity (Wildman–Crippen MR) is 89.2 cm³/mol. The van der Waals surface area contributed by atoms with Crippen LogP contribution in [0.2, 0.25) is 0 Å². The number of aromatic nitrogens is 2. The average Bonchev–Trinajstić information content (AvgIpc) is 3.05. The van der Waals surface area contributed by atoms with Crippen LogP contribution in [0.25, 0.3) is 10.4 Å². The quantitative estimate of drug-likeness (QED) is 0.734. The van der Waals surface area contributed by atoms with Gasteiger partial charge in [-0.1, -0.05) is 6.07 Å². The van der Waals surface area contributed by atoms with Gasteiger partial charge in [-0.25, -0.2) is 9.97 Å². The number of alkyl halides is 3. The molecule has 3 rings (SSSR count). The highest BCUT2D eigenvalue weighted by molar-refractivity contribution is 7.13. The Hall–Kier alpha value is -2.94. The van der Waals surface area contributed by atoms with Gasteiger partial charge in [0.05, 0.1) is 11.1 Å². The summed E-state index contributed by atoms with van der Waals surface area (Å²) in [6, 6.07) is 6.08. The number of nitrogens with two attached hydrogens (primary N) is 1. The van der Waals surface area contributed by atoms with Crippen molar-refractivity contribution in [3.8, 4) is 10.4 Å². The maximum Gasteiger partial charge on any atom is 0.416 e. The lowest BCUT2D eigenvalue weighted by atomic mass is 10.2. The molecule has 9 heteroatoms. The normalized spacial score (nSPS) is 11.3. The van der Waals surface area contributed by atoms with Gasteiger partial charge < -0.3 is 11.1 Å². The van der Waals surface area contributed by atoms with Crippen LogP contribution in [0.4, 0.5) is 24.8 Å². The number of carbonyl (C=O) groups is 1. The Kier molecular flexibility index (Phi) is 4.41. The monoisotopic (exact) mass is 364 g/mol. The second-order valence-electron chi connectivity index (χ2n) is 5.06. The van der Waals surface area contributed by atoms with E-state index in [4.69, 9.17) is 5.73 Å². The Labute approximate surface area is 144 Å². The van der Waals surface area contributed by atoms with Gasteiger partial charge in [-0.05, 0) is 24.3 Å². The molecular weight excluding hydrogens is 353 g/mol. The SMILES string of the molecule is Nc1ncc(-c2cc(C(=O)Nc3cccc(C(F)(F)F)c3)cs2)cn1. The summed E-state index contributed by atoms with van der Waals surface area (Å²) in [5.41, 5.74) is 5.69. The number of anilines is 2. The fourth-order valence-corrected chi connectivity index (χ4v) is 2.91. The van der Waals surface area contributed by atoms with Gasteiger partial charge in [-0.2, -0.15) is 13.2 Å². The topological polar surface area (TPSA) is 80.9 Å². The lowest BCUT2D eigenvalue weighted by molar-refractivity contribution is -0.137. The Morgan fingerprint density at radius 3 is 2.56 bits per heavy atom. The third-order valence-electron chi connectivity index (χ3n) is 3.27. The number of nitrogen functional groups attached to an aromatic ring is 1. The summed E-state index contributed by atoms with van der Waals surface area (Å²) in [4.78, 5) is 20.7. The Bertz CT molecular complexity index is 906. The Morgan fingerprint density at radius 2 is 1.88 bits per heavy atom. The molecule has 128 valence electrons. The van der Waals surface area contributed by atoms with Crippen LogP contribution < -0.4 is 11.1 Å². The first-order valence-electron chi connectivity index (χ1n) is 6.98. The second-order valence-corrected chi connectivity index (χ2v) is 5.97. The molecule has 5 nitrogen and oxygen atoms in total. The van der Waals surface area contributed by atoms with Crippen molar-refractivity contribution in [3.63, 3.8) is 0 Å². The molecule has 0 unspecified atom stereocenters. The van der Waals surface area contributed by atoms with Crippen molar-refractivity contribution < 1.29 is 18.0 Å². The predicted octanol–water partition coefficient (Wildman–Crippen LogP) is 4.06. The highest BCUT2D eigenvalue weighted by Crippen LogP contribution is 2.31. The van der Waals surface area contributed by atoms with Crippen LogP contribution in [0.1, 0.15) is 15.9 Å². The van der Waals surface area contributed by atoms with Crippen LogP contribution in [0.5, 0.6) is 0 Å². The van der Waals surface area contributed by atoms with Crippen molar-refractivity contribution >= 4 is 28.9 Å². The van der Waals surface area contributed by atoms with Crippen LogP contribution in [0, 0.1) is 0 Å². The molecule has 0 spiro atoms. The third kappa shape index (κ3) is 3.94. The first-order valence-corrected chi connectivity index (χ1v) is 7.86. The Balaban J connectivity index is 1.77. The largest absolute Gasteiger partial charge is 0.416 e. The summed E-state index contributed by atoms with van der Waals surface area (Å²) in [6.45, 7) is 0. The van der Waals surface area contributed by atoms with E-state index in [0.29, 0.717) is 11.1 Å². The number of thiophene rings is 1. The number of hydrogen-bond acceptors (Lipinski definition) is 5. The van der Waals surface area contributed by atoms with Crippen molar-refractivity contribution in [3.05, 3.63) is 59.2 Å².